The van der Waals surface area contributed by atoms with Crippen molar-refractivity contribution in [3.63, 3.8) is 0 Å². The standard InChI is InChI=1S/C18H13F3N4OS2/c19-18(20,21)13-6-1-4-12(10-13)5-2-8-22-15(26)11-25-16(23-24-17(25)27)14-7-3-9-28-14/h1,3-4,6-7,9-10H,8,11H2,(H,22,26)(H,24,27). The lowest BCUT2D eigenvalue weighted by atomic mass is 10.1. The monoisotopic (exact) mass is 422 g/mol. The summed E-state index contributed by atoms with van der Waals surface area (Å²) in [6, 6.07) is 8.44. The third kappa shape index (κ3) is 4.88. The maximum atomic E-state index is 12.7. The van der Waals surface area contributed by atoms with E-state index in [1.54, 1.807) is 4.57 Å². The van der Waals surface area contributed by atoms with Crippen LogP contribution in [-0.2, 0) is 17.5 Å². The summed E-state index contributed by atoms with van der Waals surface area (Å²) in [5, 5.41) is 11.3. The van der Waals surface area contributed by atoms with E-state index in [9.17, 15) is 18.0 Å². The fourth-order valence-electron chi connectivity index (χ4n) is 2.32. The second kappa shape index (κ2) is 8.41. The van der Waals surface area contributed by atoms with Crippen molar-refractivity contribution >= 4 is 29.5 Å². The molecule has 0 aliphatic heterocycles. The van der Waals surface area contributed by atoms with E-state index in [0.29, 0.717) is 10.6 Å². The number of halogens is 3. The molecule has 0 spiro atoms. The number of amides is 1. The molecule has 2 aromatic heterocycles. The average Bonchev–Trinajstić information content (AvgIpc) is 3.29. The van der Waals surface area contributed by atoms with E-state index in [0.717, 1.165) is 17.0 Å². The van der Waals surface area contributed by atoms with Gasteiger partial charge in [-0.15, -0.1) is 11.3 Å². The van der Waals surface area contributed by atoms with Crippen molar-refractivity contribution in [3.05, 3.63) is 57.7 Å². The molecule has 144 valence electrons. The van der Waals surface area contributed by atoms with E-state index in [2.05, 4.69) is 27.4 Å². The SMILES string of the molecule is O=C(Cn1c(-c2cccs2)n[nH]c1=S)NCC#Cc1cccc(C(F)(F)F)c1. The van der Waals surface area contributed by atoms with Gasteiger partial charge in [-0.3, -0.25) is 14.5 Å². The number of alkyl halides is 3. The Kier molecular flexibility index (Phi) is 5.96. The van der Waals surface area contributed by atoms with Crippen LogP contribution in [0.3, 0.4) is 0 Å². The normalized spacial score (nSPS) is 11.0. The molecule has 0 saturated carbocycles. The van der Waals surface area contributed by atoms with Crippen molar-refractivity contribution in [2.24, 2.45) is 0 Å². The number of carbonyl (C=O) groups excluding carboxylic acids is 1. The number of nitrogens with one attached hydrogen (secondary N) is 2. The van der Waals surface area contributed by atoms with Gasteiger partial charge in [-0.25, -0.2) is 0 Å². The second-order valence-electron chi connectivity index (χ2n) is 5.57. The molecule has 1 aromatic carbocycles. The van der Waals surface area contributed by atoms with Crippen LogP contribution in [0.2, 0.25) is 0 Å². The topological polar surface area (TPSA) is 62.7 Å². The molecule has 10 heteroatoms. The fourth-order valence-corrected chi connectivity index (χ4v) is 3.24. The second-order valence-corrected chi connectivity index (χ2v) is 6.91. The number of hydrogen-bond donors (Lipinski definition) is 2. The largest absolute Gasteiger partial charge is 0.416 e. The highest BCUT2D eigenvalue weighted by Gasteiger charge is 2.30. The van der Waals surface area contributed by atoms with Gasteiger partial charge in [0, 0.05) is 5.56 Å². The van der Waals surface area contributed by atoms with E-state index < -0.39 is 11.7 Å². The van der Waals surface area contributed by atoms with Crippen LogP contribution in [0.4, 0.5) is 13.2 Å². The highest BCUT2D eigenvalue weighted by atomic mass is 32.1. The quantitative estimate of drug-likeness (QED) is 0.496. The number of benzene rings is 1. The van der Waals surface area contributed by atoms with Gasteiger partial charge in [-0.1, -0.05) is 24.0 Å². The van der Waals surface area contributed by atoms with Gasteiger partial charge in [0.15, 0.2) is 10.6 Å². The molecular formula is C18H13F3N4OS2. The fraction of sp³-hybridized carbons (Fsp3) is 0.167. The molecule has 0 unspecified atom stereocenters. The molecule has 3 rings (SSSR count). The Labute approximate surface area is 167 Å². The third-order valence-corrected chi connectivity index (χ3v) is 4.78. The van der Waals surface area contributed by atoms with Crippen molar-refractivity contribution in [2.45, 2.75) is 12.7 Å². The summed E-state index contributed by atoms with van der Waals surface area (Å²) in [6.45, 7) is -0.0532. The number of hydrogen-bond acceptors (Lipinski definition) is 4. The van der Waals surface area contributed by atoms with Gasteiger partial charge in [0.2, 0.25) is 5.91 Å². The van der Waals surface area contributed by atoms with Crippen LogP contribution >= 0.6 is 23.6 Å². The van der Waals surface area contributed by atoms with Crippen molar-refractivity contribution in [1.29, 1.82) is 0 Å². The van der Waals surface area contributed by atoms with Crippen LogP contribution in [-0.4, -0.2) is 27.2 Å². The van der Waals surface area contributed by atoms with Crippen LogP contribution in [0.1, 0.15) is 11.1 Å². The van der Waals surface area contributed by atoms with Gasteiger partial charge in [0.05, 0.1) is 17.0 Å². The van der Waals surface area contributed by atoms with Crippen LogP contribution in [0.25, 0.3) is 10.7 Å². The first-order chi connectivity index (χ1) is 13.3. The molecular weight excluding hydrogens is 409 g/mol. The highest BCUT2D eigenvalue weighted by Crippen LogP contribution is 2.29. The number of thiophene rings is 1. The minimum atomic E-state index is -4.42. The number of H-pyrrole nitrogens is 1. The zero-order valence-electron chi connectivity index (χ0n) is 14.2. The molecule has 3 aromatic rings. The summed E-state index contributed by atoms with van der Waals surface area (Å²) in [6.07, 6.45) is -4.42. The molecule has 0 saturated heterocycles. The van der Waals surface area contributed by atoms with Gasteiger partial charge >= 0.3 is 6.18 Å². The number of rotatable bonds is 4. The van der Waals surface area contributed by atoms with Crippen molar-refractivity contribution in [2.75, 3.05) is 6.54 Å². The van der Waals surface area contributed by atoms with Crippen molar-refractivity contribution < 1.29 is 18.0 Å². The van der Waals surface area contributed by atoms with Crippen molar-refractivity contribution in [3.8, 4) is 22.5 Å². The smallest absolute Gasteiger partial charge is 0.344 e. The van der Waals surface area contributed by atoms with Gasteiger partial charge in [0.25, 0.3) is 0 Å². The summed E-state index contributed by atoms with van der Waals surface area (Å²) in [5.41, 5.74) is -0.542. The predicted molar refractivity (Wildman–Crippen MR) is 102 cm³/mol. The van der Waals surface area contributed by atoms with E-state index in [1.807, 2.05) is 17.5 Å². The third-order valence-electron chi connectivity index (χ3n) is 3.60. The molecule has 0 bridgehead atoms. The zero-order chi connectivity index (χ0) is 20.1. The Balaban J connectivity index is 1.61. The number of carbonyl (C=O) groups is 1. The minimum absolute atomic E-state index is 0.00537. The van der Waals surface area contributed by atoms with E-state index in [4.69, 9.17) is 12.2 Å². The van der Waals surface area contributed by atoms with Crippen LogP contribution in [0.15, 0.2) is 41.8 Å². The van der Waals surface area contributed by atoms with Gasteiger partial charge in [-0.2, -0.15) is 18.3 Å². The Hall–Kier alpha value is -2.90. The average molecular weight is 422 g/mol. The first-order valence-corrected chi connectivity index (χ1v) is 9.25. The number of aromatic amines is 1. The molecule has 0 radical (unpaired) electrons. The van der Waals surface area contributed by atoms with E-state index in [1.165, 1.54) is 23.5 Å². The van der Waals surface area contributed by atoms with E-state index in [-0.39, 0.29) is 24.6 Å². The Morgan fingerprint density at radius 3 is 2.86 bits per heavy atom. The molecule has 2 heterocycles. The molecule has 5 nitrogen and oxygen atoms in total. The Morgan fingerprint density at radius 1 is 1.32 bits per heavy atom. The van der Waals surface area contributed by atoms with Gasteiger partial charge in [0.1, 0.15) is 6.54 Å². The lowest BCUT2D eigenvalue weighted by molar-refractivity contribution is -0.137. The summed E-state index contributed by atoms with van der Waals surface area (Å²) >= 11 is 6.63. The molecule has 28 heavy (non-hydrogen) atoms. The predicted octanol–water partition coefficient (Wildman–Crippen LogP) is 3.86. The van der Waals surface area contributed by atoms with Crippen LogP contribution < -0.4 is 5.32 Å². The lowest BCUT2D eigenvalue weighted by Crippen LogP contribution is -2.28. The van der Waals surface area contributed by atoms with Gasteiger partial charge in [-0.05, 0) is 41.9 Å². The molecule has 0 aliphatic rings. The van der Waals surface area contributed by atoms with E-state index >= 15 is 0 Å². The first-order valence-electron chi connectivity index (χ1n) is 7.96. The highest BCUT2D eigenvalue weighted by molar-refractivity contribution is 7.71. The Bertz CT molecular complexity index is 1090. The summed E-state index contributed by atoms with van der Waals surface area (Å²) in [7, 11) is 0. The van der Waals surface area contributed by atoms with Crippen LogP contribution in [0.5, 0.6) is 0 Å². The first kappa shape index (κ1) is 19.9. The lowest BCUT2D eigenvalue weighted by Gasteiger charge is -2.06. The maximum Gasteiger partial charge on any atom is 0.416 e. The maximum absolute atomic E-state index is 12.7. The molecule has 1 amide bonds. The minimum Gasteiger partial charge on any atom is -0.344 e. The Morgan fingerprint density at radius 2 is 2.14 bits per heavy atom. The van der Waals surface area contributed by atoms with Gasteiger partial charge < -0.3 is 5.32 Å². The molecule has 2 N–H and O–H groups in total. The molecule has 0 fully saturated rings. The number of nitrogens with zero attached hydrogens (tertiary/aromatic N) is 2. The summed E-state index contributed by atoms with van der Waals surface area (Å²) < 4.78 is 39.9. The molecule has 0 atom stereocenters. The van der Waals surface area contributed by atoms with Crippen molar-refractivity contribution in [1.82, 2.24) is 20.1 Å². The van der Waals surface area contributed by atoms with Crippen LogP contribution in [0, 0.1) is 16.6 Å². The summed E-state index contributed by atoms with van der Waals surface area (Å²) in [5.74, 6) is 5.47. The number of aromatic nitrogens is 3. The summed E-state index contributed by atoms with van der Waals surface area (Å²) in [4.78, 5) is 13.0. The molecule has 0 aliphatic carbocycles. The zero-order valence-corrected chi connectivity index (χ0v) is 15.8.